The van der Waals surface area contributed by atoms with Crippen LogP contribution in [0.15, 0.2) is 0 Å². The van der Waals surface area contributed by atoms with Gasteiger partial charge in [0.15, 0.2) is 0 Å². The van der Waals surface area contributed by atoms with Crippen molar-refractivity contribution in [2.24, 2.45) is 5.73 Å². The minimum atomic E-state index is -0.491. The normalized spacial score (nSPS) is 16.3. The maximum atomic E-state index is 12.0. The van der Waals surface area contributed by atoms with Crippen LogP contribution in [0.2, 0.25) is 0 Å². The van der Waals surface area contributed by atoms with E-state index in [1.165, 1.54) is 0 Å². The first-order valence-corrected chi connectivity index (χ1v) is 7.84. The van der Waals surface area contributed by atoms with Crippen LogP contribution in [0.5, 0.6) is 0 Å². The van der Waals surface area contributed by atoms with Crippen LogP contribution in [0, 0.1) is 0 Å². The zero-order valence-electron chi connectivity index (χ0n) is 13.3. The standard InChI is InChI=1S/C14H29N5O2/c1-3-17(4-2)8-6-16-13(20)14(21)19-11-9-18(7-5-15)10-12-19/h3-12,15H2,1-2H3,(H,16,20). The van der Waals surface area contributed by atoms with Gasteiger partial charge in [0.2, 0.25) is 0 Å². The number of rotatable bonds is 7. The second-order valence-corrected chi connectivity index (χ2v) is 5.21. The Hall–Kier alpha value is -1.18. The summed E-state index contributed by atoms with van der Waals surface area (Å²) in [4.78, 5) is 29.9. The molecule has 0 spiro atoms. The van der Waals surface area contributed by atoms with E-state index < -0.39 is 11.8 Å². The summed E-state index contributed by atoms with van der Waals surface area (Å²) in [6, 6.07) is 0. The Morgan fingerprint density at radius 3 is 2.29 bits per heavy atom. The lowest BCUT2D eigenvalue weighted by Crippen LogP contribution is -2.53. The van der Waals surface area contributed by atoms with Crippen molar-refractivity contribution in [3.05, 3.63) is 0 Å². The van der Waals surface area contributed by atoms with Gasteiger partial charge in [0.1, 0.15) is 0 Å². The van der Waals surface area contributed by atoms with Gasteiger partial charge in [-0.15, -0.1) is 0 Å². The number of piperazine rings is 1. The van der Waals surface area contributed by atoms with Crippen LogP contribution < -0.4 is 11.1 Å². The molecule has 0 aliphatic carbocycles. The van der Waals surface area contributed by atoms with E-state index in [2.05, 4.69) is 29.0 Å². The molecule has 0 aromatic rings. The average molecular weight is 299 g/mol. The fourth-order valence-corrected chi connectivity index (χ4v) is 2.44. The Morgan fingerprint density at radius 2 is 1.76 bits per heavy atom. The molecule has 1 aliphatic heterocycles. The van der Waals surface area contributed by atoms with Crippen LogP contribution in [0.3, 0.4) is 0 Å². The molecule has 122 valence electrons. The van der Waals surface area contributed by atoms with Gasteiger partial charge in [-0.2, -0.15) is 0 Å². The van der Waals surface area contributed by atoms with Crippen LogP contribution in [0.4, 0.5) is 0 Å². The van der Waals surface area contributed by atoms with Gasteiger partial charge in [0, 0.05) is 52.4 Å². The molecule has 1 heterocycles. The molecule has 7 heteroatoms. The van der Waals surface area contributed by atoms with E-state index in [1.807, 2.05) is 0 Å². The van der Waals surface area contributed by atoms with E-state index in [-0.39, 0.29) is 0 Å². The lowest BCUT2D eigenvalue weighted by atomic mass is 10.3. The second kappa shape index (κ2) is 9.70. The number of amides is 2. The molecule has 0 unspecified atom stereocenters. The molecule has 7 nitrogen and oxygen atoms in total. The van der Waals surface area contributed by atoms with Gasteiger partial charge in [0.25, 0.3) is 0 Å². The van der Waals surface area contributed by atoms with E-state index in [9.17, 15) is 9.59 Å². The minimum Gasteiger partial charge on any atom is -0.347 e. The molecule has 0 radical (unpaired) electrons. The molecule has 0 aromatic carbocycles. The van der Waals surface area contributed by atoms with Crippen molar-refractivity contribution < 1.29 is 9.59 Å². The third-order valence-electron chi connectivity index (χ3n) is 3.91. The molecule has 21 heavy (non-hydrogen) atoms. The van der Waals surface area contributed by atoms with E-state index in [4.69, 9.17) is 5.73 Å². The predicted octanol–water partition coefficient (Wildman–Crippen LogP) is -1.45. The Labute approximate surface area is 127 Å². The van der Waals surface area contributed by atoms with E-state index in [1.54, 1.807) is 4.90 Å². The molecule has 0 saturated carbocycles. The fraction of sp³-hybridized carbons (Fsp3) is 0.857. The largest absolute Gasteiger partial charge is 0.347 e. The lowest BCUT2D eigenvalue weighted by molar-refractivity contribution is -0.147. The van der Waals surface area contributed by atoms with Crippen LogP contribution in [-0.4, -0.2) is 92.0 Å². The SMILES string of the molecule is CCN(CC)CCNC(=O)C(=O)N1CCN(CCN)CC1. The number of nitrogens with zero attached hydrogens (tertiary/aromatic N) is 3. The maximum Gasteiger partial charge on any atom is 0.311 e. The summed E-state index contributed by atoms with van der Waals surface area (Å²) < 4.78 is 0. The van der Waals surface area contributed by atoms with E-state index >= 15 is 0 Å². The number of carbonyl (C=O) groups is 2. The molecule has 1 aliphatic rings. The smallest absolute Gasteiger partial charge is 0.311 e. The third-order valence-corrected chi connectivity index (χ3v) is 3.91. The van der Waals surface area contributed by atoms with Gasteiger partial charge in [-0.25, -0.2) is 0 Å². The third kappa shape index (κ3) is 5.99. The average Bonchev–Trinajstić information content (AvgIpc) is 2.52. The molecule has 1 rings (SSSR count). The summed E-state index contributed by atoms with van der Waals surface area (Å²) in [7, 11) is 0. The van der Waals surface area contributed by atoms with Gasteiger partial charge in [0.05, 0.1) is 0 Å². The number of carbonyl (C=O) groups excluding carboxylic acids is 2. The number of nitrogens with one attached hydrogen (secondary N) is 1. The molecule has 1 saturated heterocycles. The highest BCUT2D eigenvalue weighted by molar-refractivity contribution is 6.35. The lowest BCUT2D eigenvalue weighted by Gasteiger charge is -2.34. The van der Waals surface area contributed by atoms with Gasteiger partial charge in [-0.1, -0.05) is 13.8 Å². The first-order chi connectivity index (χ1) is 10.1. The Balaban J connectivity index is 2.27. The summed E-state index contributed by atoms with van der Waals surface area (Å²) in [5.74, 6) is -0.906. The van der Waals surface area contributed by atoms with Gasteiger partial charge in [-0.05, 0) is 13.1 Å². The zero-order valence-corrected chi connectivity index (χ0v) is 13.3. The molecule has 0 atom stereocenters. The minimum absolute atomic E-state index is 0.415. The Kier molecular flexibility index (Phi) is 8.26. The number of likely N-dealkylation sites (N-methyl/N-ethyl adjacent to an activating group) is 1. The highest BCUT2D eigenvalue weighted by atomic mass is 16.2. The molecule has 3 N–H and O–H groups in total. The van der Waals surface area contributed by atoms with Gasteiger partial charge in [-0.3, -0.25) is 14.5 Å². The quantitative estimate of drug-likeness (QED) is 0.562. The summed E-state index contributed by atoms with van der Waals surface area (Å²) in [6.07, 6.45) is 0. The summed E-state index contributed by atoms with van der Waals surface area (Å²) in [5.41, 5.74) is 5.51. The van der Waals surface area contributed by atoms with Crippen molar-refractivity contribution in [1.29, 1.82) is 0 Å². The molecular formula is C14H29N5O2. The second-order valence-electron chi connectivity index (χ2n) is 5.21. The molecule has 0 aromatic heterocycles. The van der Waals surface area contributed by atoms with Crippen molar-refractivity contribution in [2.45, 2.75) is 13.8 Å². The molecular weight excluding hydrogens is 270 g/mol. The molecule has 1 fully saturated rings. The van der Waals surface area contributed by atoms with Crippen LogP contribution in [0.1, 0.15) is 13.8 Å². The Morgan fingerprint density at radius 1 is 1.14 bits per heavy atom. The van der Waals surface area contributed by atoms with Crippen LogP contribution >= 0.6 is 0 Å². The van der Waals surface area contributed by atoms with Crippen molar-refractivity contribution in [3.8, 4) is 0 Å². The predicted molar refractivity (Wildman–Crippen MR) is 82.9 cm³/mol. The van der Waals surface area contributed by atoms with E-state index in [0.717, 1.165) is 39.3 Å². The number of hydrogen-bond donors (Lipinski definition) is 2. The zero-order chi connectivity index (χ0) is 15.7. The maximum absolute atomic E-state index is 12.0. The van der Waals surface area contributed by atoms with Crippen molar-refractivity contribution in [1.82, 2.24) is 20.0 Å². The first-order valence-electron chi connectivity index (χ1n) is 7.84. The highest BCUT2D eigenvalue weighted by Gasteiger charge is 2.25. The van der Waals surface area contributed by atoms with Crippen LogP contribution in [-0.2, 0) is 9.59 Å². The van der Waals surface area contributed by atoms with Crippen molar-refractivity contribution in [2.75, 3.05) is 65.4 Å². The van der Waals surface area contributed by atoms with E-state index in [0.29, 0.717) is 26.2 Å². The summed E-state index contributed by atoms with van der Waals surface area (Å²) in [6.45, 7) is 11.6. The summed E-state index contributed by atoms with van der Waals surface area (Å²) >= 11 is 0. The van der Waals surface area contributed by atoms with Gasteiger partial charge < -0.3 is 20.9 Å². The van der Waals surface area contributed by atoms with Crippen molar-refractivity contribution in [3.63, 3.8) is 0 Å². The fourth-order valence-electron chi connectivity index (χ4n) is 2.44. The highest BCUT2D eigenvalue weighted by Crippen LogP contribution is 2.01. The number of nitrogens with two attached hydrogens (primary N) is 1. The monoisotopic (exact) mass is 299 g/mol. The molecule has 0 bridgehead atoms. The first kappa shape index (κ1) is 17.9. The number of hydrogen-bond acceptors (Lipinski definition) is 5. The van der Waals surface area contributed by atoms with Crippen LogP contribution in [0.25, 0.3) is 0 Å². The van der Waals surface area contributed by atoms with Gasteiger partial charge >= 0.3 is 11.8 Å². The summed E-state index contributed by atoms with van der Waals surface area (Å²) in [5, 5.41) is 2.71. The Bertz CT molecular complexity index is 325. The topological polar surface area (TPSA) is 81.9 Å². The molecule has 2 amide bonds. The van der Waals surface area contributed by atoms with Crippen molar-refractivity contribution >= 4 is 11.8 Å².